The molecule has 134 valence electrons. The van der Waals surface area contributed by atoms with Gasteiger partial charge in [-0.15, -0.1) is 0 Å². The van der Waals surface area contributed by atoms with Crippen LogP contribution in [0.5, 0.6) is 5.75 Å². The van der Waals surface area contributed by atoms with Crippen molar-refractivity contribution in [1.29, 1.82) is 0 Å². The molecule has 2 N–H and O–H groups in total. The molecule has 1 atom stereocenters. The van der Waals surface area contributed by atoms with Crippen LogP contribution in [-0.2, 0) is 14.8 Å². The Morgan fingerprint density at radius 2 is 1.76 bits per heavy atom. The fourth-order valence-corrected chi connectivity index (χ4v) is 3.16. The van der Waals surface area contributed by atoms with Crippen molar-refractivity contribution >= 4 is 21.6 Å². The molecular weight excluding hydrogens is 340 g/mol. The number of anilines is 1. The van der Waals surface area contributed by atoms with Crippen molar-refractivity contribution in [3.05, 3.63) is 59.7 Å². The van der Waals surface area contributed by atoms with E-state index in [1.807, 2.05) is 25.1 Å². The molecule has 0 aromatic heterocycles. The molecule has 0 unspecified atom stereocenters. The molecule has 2 aromatic rings. The number of amides is 1. The number of nitrogens with one attached hydrogen (secondary N) is 2. The SMILES string of the molecule is COc1ccc([C@@H](CC(=O)Nc2ccccc2C)NS(C)(=O)=O)cc1. The van der Waals surface area contributed by atoms with Gasteiger partial charge in [0, 0.05) is 12.1 Å². The largest absolute Gasteiger partial charge is 0.497 e. The predicted octanol–water partition coefficient (Wildman–Crippen LogP) is 2.62. The summed E-state index contributed by atoms with van der Waals surface area (Å²) in [6, 6.07) is 13.7. The van der Waals surface area contributed by atoms with Crippen LogP contribution in [-0.4, -0.2) is 27.7 Å². The average molecular weight is 362 g/mol. The molecule has 0 aliphatic rings. The predicted molar refractivity (Wildman–Crippen MR) is 98.1 cm³/mol. The Morgan fingerprint density at radius 1 is 1.12 bits per heavy atom. The number of rotatable bonds is 7. The normalized spacial score (nSPS) is 12.4. The second-order valence-electron chi connectivity index (χ2n) is 5.78. The molecule has 1 amide bonds. The van der Waals surface area contributed by atoms with Gasteiger partial charge in [-0.05, 0) is 36.2 Å². The average Bonchev–Trinajstić information content (AvgIpc) is 2.55. The van der Waals surface area contributed by atoms with Gasteiger partial charge >= 0.3 is 0 Å². The number of methoxy groups -OCH3 is 1. The van der Waals surface area contributed by atoms with Crippen LogP contribution >= 0.6 is 0 Å². The van der Waals surface area contributed by atoms with Gasteiger partial charge in [0.2, 0.25) is 15.9 Å². The van der Waals surface area contributed by atoms with Gasteiger partial charge in [-0.3, -0.25) is 4.79 Å². The van der Waals surface area contributed by atoms with Crippen LogP contribution in [0, 0.1) is 6.92 Å². The van der Waals surface area contributed by atoms with Gasteiger partial charge in [-0.1, -0.05) is 30.3 Å². The van der Waals surface area contributed by atoms with Crippen molar-refractivity contribution in [2.75, 3.05) is 18.7 Å². The van der Waals surface area contributed by atoms with Crippen LogP contribution in [0.3, 0.4) is 0 Å². The second-order valence-corrected chi connectivity index (χ2v) is 7.56. The van der Waals surface area contributed by atoms with Crippen LogP contribution < -0.4 is 14.8 Å². The Labute approximate surface area is 148 Å². The highest BCUT2D eigenvalue weighted by Gasteiger charge is 2.20. The quantitative estimate of drug-likeness (QED) is 0.793. The Balaban J connectivity index is 2.17. The van der Waals surface area contributed by atoms with E-state index in [0.29, 0.717) is 17.0 Å². The van der Waals surface area contributed by atoms with Crippen LogP contribution in [0.15, 0.2) is 48.5 Å². The molecule has 2 rings (SSSR count). The number of sulfonamides is 1. The van der Waals surface area contributed by atoms with Crippen LogP contribution in [0.4, 0.5) is 5.69 Å². The minimum Gasteiger partial charge on any atom is -0.497 e. The molecule has 2 aromatic carbocycles. The molecule has 0 aliphatic carbocycles. The molecule has 25 heavy (non-hydrogen) atoms. The topological polar surface area (TPSA) is 84.5 Å². The van der Waals surface area contributed by atoms with Crippen molar-refractivity contribution in [2.45, 2.75) is 19.4 Å². The smallest absolute Gasteiger partial charge is 0.226 e. The highest BCUT2D eigenvalue weighted by atomic mass is 32.2. The summed E-state index contributed by atoms with van der Waals surface area (Å²) in [5, 5.41) is 2.82. The van der Waals surface area contributed by atoms with Gasteiger partial charge in [0.1, 0.15) is 5.75 Å². The molecule has 0 aliphatic heterocycles. The van der Waals surface area contributed by atoms with Crippen LogP contribution in [0.2, 0.25) is 0 Å². The first-order chi connectivity index (χ1) is 11.8. The lowest BCUT2D eigenvalue weighted by molar-refractivity contribution is -0.116. The molecule has 0 heterocycles. The maximum absolute atomic E-state index is 12.4. The third kappa shape index (κ3) is 5.88. The minimum absolute atomic E-state index is 0.0201. The highest BCUT2D eigenvalue weighted by Crippen LogP contribution is 2.22. The number of para-hydroxylation sites is 1. The van der Waals surface area contributed by atoms with Crippen molar-refractivity contribution in [3.8, 4) is 5.75 Å². The molecule has 0 bridgehead atoms. The van der Waals surface area contributed by atoms with E-state index < -0.39 is 16.1 Å². The standard InChI is InChI=1S/C18H22N2O4S/c1-13-6-4-5-7-16(13)19-18(21)12-17(20-25(3,22)23)14-8-10-15(24-2)11-9-14/h4-11,17,20H,12H2,1-3H3,(H,19,21)/t17-/m1/s1. The van der Waals surface area contributed by atoms with Crippen molar-refractivity contribution < 1.29 is 17.9 Å². The molecular formula is C18H22N2O4S. The monoisotopic (exact) mass is 362 g/mol. The zero-order chi connectivity index (χ0) is 18.4. The van der Waals surface area contributed by atoms with Gasteiger partial charge in [-0.25, -0.2) is 13.1 Å². The fourth-order valence-electron chi connectivity index (χ4n) is 2.42. The van der Waals surface area contributed by atoms with E-state index in [9.17, 15) is 13.2 Å². The van der Waals surface area contributed by atoms with Crippen LogP contribution in [0.25, 0.3) is 0 Å². The molecule has 0 fully saturated rings. The van der Waals surface area contributed by atoms with E-state index in [4.69, 9.17) is 4.74 Å². The van der Waals surface area contributed by atoms with E-state index in [0.717, 1.165) is 11.8 Å². The number of hydrogen-bond donors (Lipinski definition) is 2. The Morgan fingerprint density at radius 3 is 2.32 bits per heavy atom. The number of ether oxygens (including phenoxy) is 1. The Bertz CT molecular complexity index is 832. The Kier molecular flexibility index (Phi) is 6.17. The van der Waals surface area contributed by atoms with E-state index in [-0.39, 0.29) is 12.3 Å². The zero-order valence-electron chi connectivity index (χ0n) is 14.4. The summed E-state index contributed by atoms with van der Waals surface area (Å²) in [7, 11) is -1.92. The van der Waals surface area contributed by atoms with Crippen molar-refractivity contribution in [1.82, 2.24) is 4.72 Å². The summed E-state index contributed by atoms with van der Waals surface area (Å²) in [6.45, 7) is 1.89. The van der Waals surface area contributed by atoms with Crippen molar-refractivity contribution in [2.24, 2.45) is 0 Å². The first kappa shape index (κ1) is 19.0. The highest BCUT2D eigenvalue weighted by molar-refractivity contribution is 7.88. The molecule has 0 spiro atoms. The van der Waals surface area contributed by atoms with Gasteiger partial charge < -0.3 is 10.1 Å². The lowest BCUT2D eigenvalue weighted by Crippen LogP contribution is -2.30. The molecule has 6 nitrogen and oxygen atoms in total. The summed E-state index contributed by atoms with van der Waals surface area (Å²) >= 11 is 0. The number of aryl methyl sites for hydroxylation is 1. The molecule has 0 saturated carbocycles. The van der Waals surface area contributed by atoms with E-state index in [2.05, 4.69) is 10.0 Å². The third-order valence-corrected chi connectivity index (χ3v) is 4.40. The van der Waals surface area contributed by atoms with E-state index in [1.165, 1.54) is 0 Å². The lowest BCUT2D eigenvalue weighted by atomic mass is 10.0. The summed E-state index contributed by atoms with van der Waals surface area (Å²) in [6.07, 6.45) is 1.05. The lowest BCUT2D eigenvalue weighted by Gasteiger charge is -2.18. The maximum atomic E-state index is 12.4. The first-order valence-corrected chi connectivity index (χ1v) is 9.64. The molecule has 7 heteroatoms. The minimum atomic E-state index is -3.48. The van der Waals surface area contributed by atoms with Crippen LogP contribution in [0.1, 0.15) is 23.6 Å². The van der Waals surface area contributed by atoms with Crippen molar-refractivity contribution in [3.63, 3.8) is 0 Å². The van der Waals surface area contributed by atoms with Gasteiger partial charge in [-0.2, -0.15) is 0 Å². The zero-order valence-corrected chi connectivity index (χ0v) is 15.3. The molecule has 0 saturated heterocycles. The second kappa shape index (κ2) is 8.13. The van der Waals surface area contributed by atoms with Gasteiger partial charge in [0.15, 0.2) is 0 Å². The number of carbonyl (C=O) groups excluding carboxylic acids is 1. The fraction of sp³-hybridized carbons (Fsp3) is 0.278. The van der Waals surface area contributed by atoms with Gasteiger partial charge in [0.25, 0.3) is 0 Å². The summed E-state index contributed by atoms with van der Waals surface area (Å²) in [5.41, 5.74) is 2.33. The maximum Gasteiger partial charge on any atom is 0.226 e. The first-order valence-electron chi connectivity index (χ1n) is 7.75. The summed E-state index contributed by atoms with van der Waals surface area (Å²) in [4.78, 5) is 12.4. The number of carbonyl (C=O) groups is 1. The third-order valence-electron chi connectivity index (χ3n) is 3.68. The van der Waals surface area contributed by atoms with Gasteiger partial charge in [0.05, 0.1) is 19.4 Å². The number of hydrogen-bond acceptors (Lipinski definition) is 4. The van der Waals surface area contributed by atoms with E-state index >= 15 is 0 Å². The van der Waals surface area contributed by atoms with E-state index in [1.54, 1.807) is 37.4 Å². The number of benzene rings is 2. The summed E-state index contributed by atoms with van der Waals surface area (Å²) in [5.74, 6) is 0.387. The Hall–Kier alpha value is -2.38. The molecule has 0 radical (unpaired) electrons. The summed E-state index contributed by atoms with van der Waals surface area (Å²) < 4.78 is 30.9.